The molecule has 1 fully saturated rings. The summed E-state index contributed by atoms with van der Waals surface area (Å²) in [7, 11) is 0. The molecule has 96 valence electrons. The van der Waals surface area contributed by atoms with Crippen molar-refractivity contribution in [2.24, 2.45) is 0 Å². The van der Waals surface area contributed by atoms with Crippen LogP contribution in [0.25, 0.3) is 0 Å². The van der Waals surface area contributed by atoms with Gasteiger partial charge in [0.2, 0.25) is 0 Å². The average Bonchev–Trinajstić information content (AvgIpc) is 2.93. The van der Waals surface area contributed by atoms with E-state index in [9.17, 15) is 0 Å². The van der Waals surface area contributed by atoms with Gasteiger partial charge in [-0.25, -0.2) is 4.98 Å². The molecule has 1 atom stereocenters. The molecule has 17 heavy (non-hydrogen) atoms. The molecule has 0 radical (unpaired) electrons. The zero-order valence-corrected chi connectivity index (χ0v) is 12.2. The van der Waals surface area contributed by atoms with Crippen molar-refractivity contribution in [1.82, 2.24) is 14.5 Å². The molecule has 0 N–H and O–H groups in total. The summed E-state index contributed by atoms with van der Waals surface area (Å²) in [6.45, 7) is 5.60. The lowest BCUT2D eigenvalue weighted by atomic mass is 10.1. The maximum Gasteiger partial charge on any atom is 0.105 e. The van der Waals surface area contributed by atoms with E-state index < -0.39 is 0 Å². The number of hydrogen-bond acceptors (Lipinski definition) is 2. The van der Waals surface area contributed by atoms with Crippen LogP contribution in [0.3, 0.4) is 0 Å². The topological polar surface area (TPSA) is 21.1 Å². The van der Waals surface area contributed by atoms with Crippen molar-refractivity contribution in [2.45, 2.75) is 45.2 Å². The van der Waals surface area contributed by atoms with Crippen molar-refractivity contribution < 1.29 is 0 Å². The van der Waals surface area contributed by atoms with Crippen LogP contribution in [-0.2, 0) is 6.54 Å². The molecule has 0 saturated carbocycles. The summed E-state index contributed by atoms with van der Waals surface area (Å²) in [6, 6.07) is 0.816. The highest BCUT2D eigenvalue weighted by Gasteiger charge is 2.23. The van der Waals surface area contributed by atoms with E-state index in [-0.39, 0.29) is 0 Å². The molecule has 1 aromatic rings. The Balaban J connectivity index is 1.80. The van der Waals surface area contributed by atoms with Gasteiger partial charge >= 0.3 is 0 Å². The molecular weight excluding hydrogens is 278 g/mol. The van der Waals surface area contributed by atoms with Crippen molar-refractivity contribution in [3.63, 3.8) is 0 Å². The van der Waals surface area contributed by atoms with Gasteiger partial charge in [-0.1, -0.05) is 15.9 Å². The fourth-order valence-electron chi connectivity index (χ4n) is 2.71. The molecule has 1 aliphatic rings. The summed E-state index contributed by atoms with van der Waals surface area (Å²) in [5.74, 6) is 1.13. The van der Waals surface area contributed by atoms with Gasteiger partial charge in [0.05, 0.1) is 0 Å². The molecule has 0 bridgehead atoms. The number of alkyl halides is 1. The number of nitrogens with zero attached hydrogens (tertiary/aromatic N) is 3. The van der Waals surface area contributed by atoms with Crippen molar-refractivity contribution in [3.05, 3.63) is 18.2 Å². The van der Waals surface area contributed by atoms with Crippen LogP contribution in [0.5, 0.6) is 0 Å². The predicted octanol–water partition coefficient (Wildman–Crippen LogP) is 2.83. The number of hydrogen-bond donors (Lipinski definition) is 0. The number of imidazole rings is 1. The standard InChI is InChI=1S/C13H22BrN3/c1-12-15-7-9-16(12)10-11-17-8-3-5-13(17)4-2-6-14/h7,9,13H,2-6,8,10-11H2,1H3. The summed E-state index contributed by atoms with van der Waals surface area (Å²) in [4.78, 5) is 6.92. The van der Waals surface area contributed by atoms with E-state index in [1.807, 2.05) is 6.20 Å². The number of halogens is 1. The fraction of sp³-hybridized carbons (Fsp3) is 0.769. The predicted molar refractivity (Wildman–Crippen MR) is 74.6 cm³/mol. The van der Waals surface area contributed by atoms with Gasteiger partial charge in [-0.05, 0) is 39.2 Å². The van der Waals surface area contributed by atoms with Crippen LogP contribution in [0.1, 0.15) is 31.5 Å². The molecule has 1 aliphatic heterocycles. The van der Waals surface area contributed by atoms with Crippen LogP contribution in [0.4, 0.5) is 0 Å². The molecule has 4 heteroatoms. The molecule has 0 spiro atoms. The van der Waals surface area contributed by atoms with E-state index in [1.54, 1.807) is 0 Å². The lowest BCUT2D eigenvalue weighted by Crippen LogP contribution is -2.32. The largest absolute Gasteiger partial charge is 0.334 e. The van der Waals surface area contributed by atoms with Crippen LogP contribution in [0.2, 0.25) is 0 Å². The van der Waals surface area contributed by atoms with Crippen LogP contribution < -0.4 is 0 Å². The van der Waals surface area contributed by atoms with E-state index in [1.165, 1.54) is 38.8 Å². The normalized spacial score (nSPS) is 21.2. The summed E-state index contributed by atoms with van der Waals surface area (Å²) in [5.41, 5.74) is 0. The minimum Gasteiger partial charge on any atom is -0.334 e. The first kappa shape index (κ1) is 13.1. The second-order valence-electron chi connectivity index (χ2n) is 4.83. The van der Waals surface area contributed by atoms with E-state index in [0.29, 0.717) is 0 Å². The first-order chi connectivity index (χ1) is 8.31. The van der Waals surface area contributed by atoms with E-state index in [2.05, 4.69) is 43.5 Å². The third-order valence-corrected chi connectivity index (χ3v) is 4.28. The lowest BCUT2D eigenvalue weighted by molar-refractivity contribution is 0.232. The zero-order chi connectivity index (χ0) is 12.1. The van der Waals surface area contributed by atoms with Gasteiger partial charge in [0.25, 0.3) is 0 Å². The van der Waals surface area contributed by atoms with Crippen LogP contribution in [0.15, 0.2) is 12.4 Å². The number of rotatable bonds is 6. The quantitative estimate of drug-likeness (QED) is 0.753. The summed E-state index contributed by atoms with van der Waals surface area (Å²) >= 11 is 3.53. The maximum absolute atomic E-state index is 4.27. The SMILES string of the molecule is Cc1nccn1CCN1CCCC1CCCBr. The zero-order valence-electron chi connectivity index (χ0n) is 10.6. The molecular formula is C13H22BrN3. The number of aromatic nitrogens is 2. The molecule has 2 rings (SSSR count). The van der Waals surface area contributed by atoms with Crippen molar-refractivity contribution >= 4 is 15.9 Å². The minimum absolute atomic E-state index is 0.816. The molecule has 1 unspecified atom stereocenters. The van der Waals surface area contributed by atoms with Crippen LogP contribution in [-0.4, -0.2) is 38.9 Å². The number of aryl methyl sites for hydroxylation is 1. The Bertz CT molecular complexity index is 337. The Morgan fingerprint density at radius 3 is 3.06 bits per heavy atom. The van der Waals surface area contributed by atoms with Gasteiger partial charge < -0.3 is 4.57 Å². The second-order valence-corrected chi connectivity index (χ2v) is 5.62. The lowest BCUT2D eigenvalue weighted by Gasteiger charge is -2.24. The second kappa shape index (κ2) is 6.55. The molecule has 2 heterocycles. The highest BCUT2D eigenvalue weighted by Crippen LogP contribution is 2.21. The number of likely N-dealkylation sites (tertiary alicyclic amines) is 1. The third kappa shape index (κ3) is 3.55. The maximum atomic E-state index is 4.27. The van der Waals surface area contributed by atoms with Crippen molar-refractivity contribution in [3.8, 4) is 0 Å². The minimum atomic E-state index is 0.816. The smallest absolute Gasteiger partial charge is 0.105 e. The first-order valence-electron chi connectivity index (χ1n) is 6.59. The highest BCUT2D eigenvalue weighted by atomic mass is 79.9. The Labute approximate surface area is 112 Å². The highest BCUT2D eigenvalue weighted by molar-refractivity contribution is 9.09. The molecule has 0 aliphatic carbocycles. The van der Waals surface area contributed by atoms with Gasteiger partial charge in [0.1, 0.15) is 5.82 Å². The summed E-state index contributed by atoms with van der Waals surface area (Å²) in [6.07, 6.45) is 9.37. The first-order valence-corrected chi connectivity index (χ1v) is 7.71. The average molecular weight is 300 g/mol. The van der Waals surface area contributed by atoms with Gasteiger partial charge in [0, 0.05) is 36.9 Å². The van der Waals surface area contributed by atoms with E-state index in [0.717, 1.165) is 23.7 Å². The fourth-order valence-corrected chi connectivity index (χ4v) is 3.03. The van der Waals surface area contributed by atoms with Gasteiger partial charge in [-0.15, -0.1) is 0 Å². The Kier molecular flexibility index (Phi) is 5.04. The monoisotopic (exact) mass is 299 g/mol. The van der Waals surface area contributed by atoms with Gasteiger partial charge in [-0.3, -0.25) is 4.90 Å². The van der Waals surface area contributed by atoms with Crippen LogP contribution in [0, 0.1) is 6.92 Å². The molecule has 1 aromatic heterocycles. The Morgan fingerprint density at radius 1 is 1.47 bits per heavy atom. The molecule has 3 nitrogen and oxygen atoms in total. The molecule has 0 amide bonds. The van der Waals surface area contributed by atoms with Gasteiger partial charge in [-0.2, -0.15) is 0 Å². The van der Waals surface area contributed by atoms with Crippen molar-refractivity contribution in [1.29, 1.82) is 0 Å². The van der Waals surface area contributed by atoms with Crippen molar-refractivity contribution in [2.75, 3.05) is 18.4 Å². The van der Waals surface area contributed by atoms with E-state index in [4.69, 9.17) is 0 Å². The summed E-state index contributed by atoms with van der Waals surface area (Å²) in [5, 5.41) is 1.14. The summed E-state index contributed by atoms with van der Waals surface area (Å²) < 4.78 is 2.25. The van der Waals surface area contributed by atoms with E-state index >= 15 is 0 Å². The molecule has 1 saturated heterocycles. The third-order valence-electron chi connectivity index (χ3n) is 3.72. The Hall–Kier alpha value is -0.350. The van der Waals surface area contributed by atoms with Gasteiger partial charge in [0.15, 0.2) is 0 Å². The van der Waals surface area contributed by atoms with Crippen LogP contribution >= 0.6 is 15.9 Å². The Morgan fingerprint density at radius 2 is 2.35 bits per heavy atom. The molecule has 0 aromatic carbocycles.